The van der Waals surface area contributed by atoms with E-state index in [-0.39, 0.29) is 22.4 Å². The molecule has 2 heterocycles. The number of rotatable bonds is 3. The van der Waals surface area contributed by atoms with E-state index in [0.29, 0.717) is 19.1 Å². The molecule has 2 aromatic rings. The van der Waals surface area contributed by atoms with Gasteiger partial charge in [-0.15, -0.1) is 0 Å². The number of para-hydroxylation sites is 1. The lowest BCUT2D eigenvalue weighted by molar-refractivity contribution is 0.0940. The average Bonchev–Trinajstić information content (AvgIpc) is 2.75. The van der Waals surface area contributed by atoms with Gasteiger partial charge in [-0.3, -0.25) is 9.89 Å². The Bertz CT molecular complexity index is 686. The van der Waals surface area contributed by atoms with Gasteiger partial charge in [0.2, 0.25) is 0 Å². The molecule has 0 radical (unpaired) electrons. The van der Waals surface area contributed by atoms with E-state index < -0.39 is 0 Å². The summed E-state index contributed by atoms with van der Waals surface area (Å²) in [6.07, 6.45) is 1.75. The second kappa shape index (κ2) is 6.27. The molecule has 4 N–H and O–H groups in total. The summed E-state index contributed by atoms with van der Waals surface area (Å²) in [4.78, 5) is 12.1. The first-order chi connectivity index (χ1) is 10.6. The van der Waals surface area contributed by atoms with Crippen LogP contribution >= 0.6 is 11.6 Å². The summed E-state index contributed by atoms with van der Waals surface area (Å²) in [5, 5.41) is 9.30. The number of hydrogen-bond donors (Lipinski definition) is 3. The molecule has 3 rings (SSSR count). The van der Waals surface area contributed by atoms with E-state index >= 15 is 0 Å². The van der Waals surface area contributed by atoms with Crippen LogP contribution in [0.2, 0.25) is 5.02 Å². The van der Waals surface area contributed by atoms with Crippen LogP contribution in [0, 0.1) is 5.92 Å². The molecule has 0 unspecified atom stereocenters. The lowest BCUT2D eigenvalue weighted by Crippen LogP contribution is -2.31. The van der Waals surface area contributed by atoms with Crippen LogP contribution in [0.4, 0.5) is 5.82 Å². The average molecular weight is 321 g/mol. The highest BCUT2D eigenvalue weighted by atomic mass is 35.5. The molecule has 6 nitrogen and oxygen atoms in total. The van der Waals surface area contributed by atoms with Crippen LogP contribution < -0.4 is 15.8 Å². The first-order valence-corrected chi connectivity index (χ1v) is 7.51. The fraction of sp³-hybridized carbons (Fsp3) is 0.333. The molecule has 0 fully saturated rings. The Balaban J connectivity index is 1.62. The molecule has 1 aromatic heterocycles. The first kappa shape index (κ1) is 14.7. The molecule has 1 aliphatic rings. The van der Waals surface area contributed by atoms with Gasteiger partial charge in [-0.25, -0.2) is 0 Å². The Labute approximate surface area is 133 Å². The molecule has 1 amide bonds. The van der Waals surface area contributed by atoms with Gasteiger partial charge in [0, 0.05) is 6.54 Å². The molecule has 116 valence electrons. The van der Waals surface area contributed by atoms with Crippen molar-refractivity contribution in [3.05, 3.63) is 40.5 Å². The fourth-order valence-electron chi connectivity index (χ4n) is 2.55. The van der Waals surface area contributed by atoms with Gasteiger partial charge in [0.1, 0.15) is 16.5 Å². The number of ether oxygens (including phenoxy) is 1. The monoisotopic (exact) mass is 320 g/mol. The van der Waals surface area contributed by atoms with E-state index in [4.69, 9.17) is 22.1 Å². The van der Waals surface area contributed by atoms with Gasteiger partial charge in [0.15, 0.2) is 5.82 Å². The number of benzene rings is 1. The molecule has 0 spiro atoms. The van der Waals surface area contributed by atoms with Crippen LogP contribution in [0.1, 0.15) is 22.5 Å². The van der Waals surface area contributed by atoms with E-state index in [1.807, 2.05) is 18.2 Å². The lowest BCUT2D eigenvalue weighted by atomic mass is 9.97. The summed E-state index contributed by atoms with van der Waals surface area (Å²) >= 11 is 5.92. The summed E-state index contributed by atoms with van der Waals surface area (Å²) < 4.78 is 5.73. The Morgan fingerprint density at radius 3 is 3.09 bits per heavy atom. The Hall–Kier alpha value is -2.21. The highest BCUT2D eigenvalue weighted by molar-refractivity contribution is 6.35. The highest BCUT2D eigenvalue weighted by Gasteiger charge is 2.20. The number of nitrogen functional groups attached to an aromatic ring is 1. The number of nitrogens with one attached hydrogen (secondary N) is 2. The van der Waals surface area contributed by atoms with Gasteiger partial charge in [0.05, 0.1) is 6.61 Å². The highest BCUT2D eigenvalue weighted by Crippen LogP contribution is 2.26. The summed E-state index contributed by atoms with van der Waals surface area (Å²) in [6, 6.07) is 7.99. The molecule has 0 saturated carbocycles. The van der Waals surface area contributed by atoms with Gasteiger partial charge in [-0.1, -0.05) is 29.8 Å². The molecule has 1 aromatic carbocycles. The van der Waals surface area contributed by atoms with Crippen LogP contribution in [-0.4, -0.2) is 29.3 Å². The van der Waals surface area contributed by atoms with Crippen molar-refractivity contribution >= 4 is 23.3 Å². The second-order valence-corrected chi connectivity index (χ2v) is 5.70. The molecular weight excluding hydrogens is 304 g/mol. The van der Waals surface area contributed by atoms with Crippen LogP contribution in [0.5, 0.6) is 5.75 Å². The van der Waals surface area contributed by atoms with Crippen molar-refractivity contribution < 1.29 is 9.53 Å². The zero-order valence-electron chi connectivity index (χ0n) is 11.9. The fourth-order valence-corrected chi connectivity index (χ4v) is 2.72. The van der Waals surface area contributed by atoms with Crippen LogP contribution in [-0.2, 0) is 6.42 Å². The molecule has 7 heteroatoms. The van der Waals surface area contributed by atoms with Crippen molar-refractivity contribution in [2.24, 2.45) is 5.92 Å². The van der Waals surface area contributed by atoms with Gasteiger partial charge in [0.25, 0.3) is 5.91 Å². The molecule has 0 saturated heterocycles. The van der Waals surface area contributed by atoms with Crippen molar-refractivity contribution in [1.82, 2.24) is 15.5 Å². The summed E-state index contributed by atoms with van der Waals surface area (Å²) in [5.74, 6) is 1.07. The van der Waals surface area contributed by atoms with Gasteiger partial charge < -0.3 is 15.8 Å². The van der Waals surface area contributed by atoms with Gasteiger partial charge in [-0.2, -0.15) is 5.10 Å². The zero-order chi connectivity index (χ0) is 15.5. The van der Waals surface area contributed by atoms with Crippen molar-refractivity contribution in [2.45, 2.75) is 12.8 Å². The summed E-state index contributed by atoms with van der Waals surface area (Å²) in [5.41, 5.74) is 6.89. The number of nitrogens with two attached hydrogens (primary N) is 1. The van der Waals surface area contributed by atoms with E-state index in [9.17, 15) is 4.79 Å². The van der Waals surface area contributed by atoms with Gasteiger partial charge in [-0.05, 0) is 30.4 Å². The third kappa shape index (κ3) is 3.01. The first-order valence-electron chi connectivity index (χ1n) is 7.13. The minimum Gasteiger partial charge on any atom is -0.493 e. The standard InChI is InChI=1S/C15H17ClN4O2/c16-12-13(19-20-14(12)17)15(21)18-8-9-5-6-22-11-4-2-1-3-10(11)7-9/h1-4,9H,5-8H2,(H,18,21)(H3,17,19,20)/t9-/m0/s1. The largest absolute Gasteiger partial charge is 0.493 e. The summed E-state index contributed by atoms with van der Waals surface area (Å²) in [6.45, 7) is 1.20. The molecule has 1 atom stereocenters. The van der Waals surface area contributed by atoms with Crippen molar-refractivity contribution in [3.8, 4) is 5.75 Å². The number of fused-ring (bicyclic) bond motifs is 1. The molecule has 0 aliphatic carbocycles. The number of aromatic amines is 1. The van der Waals surface area contributed by atoms with E-state index in [2.05, 4.69) is 21.6 Å². The number of halogens is 1. The lowest BCUT2D eigenvalue weighted by Gasteiger charge is -2.14. The number of amides is 1. The third-order valence-electron chi connectivity index (χ3n) is 3.78. The number of anilines is 1. The third-order valence-corrected chi connectivity index (χ3v) is 4.16. The second-order valence-electron chi connectivity index (χ2n) is 5.32. The van der Waals surface area contributed by atoms with Crippen LogP contribution in [0.25, 0.3) is 0 Å². The van der Waals surface area contributed by atoms with Crippen LogP contribution in [0.3, 0.4) is 0 Å². The number of carbonyl (C=O) groups excluding carboxylic acids is 1. The molecule has 22 heavy (non-hydrogen) atoms. The number of H-pyrrole nitrogens is 1. The topological polar surface area (TPSA) is 93.0 Å². The SMILES string of the molecule is Nc1n[nH]c(C(=O)NC[C@H]2CCOc3ccccc3C2)c1Cl. The smallest absolute Gasteiger partial charge is 0.270 e. The number of hydrogen-bond acceptors (Lipinski definition) is 4. The van der Waals surface area contributed by atoms with Crippen molar-refractivity contribution in [2.75, 3.05) is 18.9 Å². The normalized spacial score (nSPS) is 17.2. The molecule has 0 bridgehead atoms. The van der Waals surface area contributed by atoms with E-state index in [0.717, 1.165) is 18.6 Å². The minimum absolute atomic E-state index is 0.128. The van der Waals surface area contributed by atoms with Crippen LogP contribution in [0.15, 0.2) is 24.3 Å². The van der Waals surface area contributed by atoms with Crippen molar-refractivity contribution in [3.63, 3.8) is 0 Å². The maximum atomic E-state index is 12.1. The summed E-state index contributed by atoms with van der Waals surface area (Å²) in [7, 11) is 0. The maximum absolute atomic E-state index is 12.1. The number of carbonyl (C=O) groups is 1. The molecular formula is C15H17ClN4O2. The van der Waals surface area contributed by atoms with E-state index in [1.54, 1.807) is 0 Å². The molecule has 1 aliphatic heterocycles. The van der Waals surface area contributed by atoms with E-state index in [1.165, 1.54) is 5.56 Å². The Morgan fingerprint density at radius 2 is 2.32 bits per heavy atom. The van der Waals surface area contributed by atoms with Gasteiger partial charge >= 0.3 is 0 Å². The quantitative estimate of drug-likeness (QED) is 0.806. The number of nitrogens with zero attached hydrogens (tertiary/aromatic N) is 1. The zero-order valence-corrected chi connectivity index (χ0v) is 12.7. The predicted octanol–water partition coefficient (Wildman–Crippen LogP) is 2.02. The Morgan fingerprint density at radius 1 is 1.50 bits per heavy atom. The predicted molar refractivity (Wildman–Crippen MR) is 84.1 cm³/mol. The van der Waals surface area contributed by atoms with Crippen molar-refractivity contribution in [1.29, 1.82) is 0 Å². The maximum Gasteiger partial charge on any atom is 0.270 e. The minimum atomic E-state index is -0.298. The number of aromatic nitrogens is 2. The Kier molecular flexibility index (Phi) is 4.20.